The van der Waals surface area contributed by atoms with Crippen LogP contribution in [0, 0.1) is 0 Å². The zero-order valence-corrected chi connectivity index (χ0v) is 7.58. The van der Waals surface area contributed by atoms with Crippen LogP contribution in [0.2, 0.25) is 0 Å². The first kappa shape index (κ1) is 9.52. The molecule has 1 heterocycles. The monoisotopic (exact) mass is 204 g/mol. The van der Waals surface area contributed by atoms with Crippen molar-refractivity contribution in [2.24, 2.45) is 0 Å². The van der Waals surface area contributed by atoms with Gasteiger partial charge in [-0.2, -0.15) is 18.4 Å². The fourth-order valence-corrected chi connectivity index (χ4v) is 1.05. The van der Waals surface area contributed by atoms with E-state index in [2.05, 4.69) is 14.2 Å². The van der Waals surface area contributed by atoms with E-state index in [-0.39, 0.29) is 17.6 Å². The summed E-state index contributed by atoms with van der Waals surface area (Å²) in [7, 11) is -3.61. The Hall–Kier alpha value is -1.57. The van der Waals surface area contributed by atoms with Gasteiger partial charge in [0.1, 0.15) is 5.82 Å². The molecule has 1 aromatic heterocycles. The predicted molar refractivity (Wildman–Crippen MR) is 46.3 cm³/mol. The lowest BCUT2D eigenvalue weighted by Gasteiger charge is -2.02. The van der Waals surface area contributed by atoms with E-state index in [0.717, 1.165) is 12.3 Å². The molecule has 0 saturated carbocycles. The molecule has 0 fully saturated rings. The van der Waals surface area contributed by atoms with Gasteiger partial charge in [-0.25, -0.2) is 0 Å². The maximum Gasteiger partial charge on any atom is 0.307 e. The highest BCUT2D eigenvalue weighted by molar-refractivity contribution is 7.86. The van der Waals surface area contributed by atoms with Crippen molar-refractivity contribution in [3.05, 3.63) is 6.07 Å². The maximum absolute atomic E-state index is 10.7. The summed E-state index contributed by atoms with van der Waals surface area (Å²) in [5, 5.41) is 0. The van der Waals surface area contributed by atoms with Crippen molar-refractivity contribution in [1.82, 2.24) is 9.97 Å². The van der Waals surface area contributed by atoms with Gasteiger partial charge >= 0.3 is 10.1 Å². The van der Waals surface area contributed by atoms with Crippen LogP contribution in [0.3, 0.4) is 0 Å². The Morgan fingerprint density at radius 2 is 2.00 bits per heavy atom. The van der Waals surface area contributed by atoms with Crippen molar-refractivity contribution < 1.29 is 12.6 Å². The van der Waals surface area contributed by atoms with Crippen LogP contribution in [0.5, 0.6) is 5.88 Å². The summed E-state index contributed by atoms with van der Waals surface area (Å²) >= 11 is 0. The third-order valence-electron chi connectivity index (χ3n) is 0.977. The SMILES string of the molecule is CS(=O)(=O)Oc1cc(N)nc(N)n1. The molecule has 0 aromatic carbocycles. The van der Waals surface area contributed by atoms with Gasteiger partial charge in [0, 0.05) is 6.07 Å². The Labute approximate surface area is 74.9 Å². The van der Waals surface area contributed by atoms with Gasteiger partial charge in [-0.3, -0.25) is 0 Å². The van der Waals surface area contributed by atoms with Crippen molar-refractivity contribution >= 4 is 21.9 Å². The van der Waals surface area contributed by atoms with Crippen molar-refractivity contribution in [3.63, 3.8) is 0 Å². The van der Waals surface area contributed by atoms with E-state index in [1.165, 1.54) is 0 Å². The second-order valence-corrected chi connectivity index (χ2v) is 3.85. The van der Waals surface area contributed by atoms with Crippen molar-refractivity contribution in [1.29, 1.82) is 0 Å². The summed E-state index contributed by atoms with van der Waals surface area (Å²) in [6, 6.07) is 1.16. The lowest BCUT2D eigenvalue weighted by Crippen LogP contribution is -2.09. The van der Waals surface area contributed by atoms with E-state index < -0.39 is 10.1 Å². The Morgan fingerprint density at radius 3 is 2.46 bits per heavy atom. The molecular weight excluding hydrogens is 196 g/mol. The minimum absolute atomic E-state index is 0.0474. The summed E-state index contributed by atoms with van der Waals surface area (Å²) < 4.78 is 25.7. The molecule has 0 aliphatic rings. The first-order valence-corrected chi connectivity index (χ1v) is 4.98. The molecule has 0 atom stereocenters. The summed E-state index contributed by atoms with van der Waals surface area (Å²) in [6.45, 7) is 0. The smallest absolute Gasteiger partial charge is 0.307 e. The van der Waals surface area contributed by atoms with Gasteiger partial charge in [-0.05, 0) is 0 Å². The molecule has 1 rings (SSSR count). The molecule has 4 N–H and O–H groups in total. The minimum atomic E-state index is -3.61. The third-order valence-corrected chi connectivity index (χ3v) is 1.45. The Balaban J connectivity index is 3.03. The normalized spacial score (nSPS) is 11.2. The zero-order chi connectivity index (χ0) is 10.1. The van der Waals surface area contributed by atoms with Crippen LogP contribution >= 0.6 is 0 Å². The standard InChI is InChI=1S/C5H8N4O3S/c1-13(10,11)12-4-2-3(6)8-5(7)9-4/h2H,1H3,(H4,6,7,8,9). The molecular formula is C5H8N4O3S. The van der Waals surface area contributed by atoms with Gasteiger partial charge in [0.25, 0.3) is 0 Å². The van der Waals surface area contributed by atoms with Crippen LogP contribution in [-0.2, 0) is 10.1 Å². The van der Waals surface area contributed by atoms with Crippen molar-refractivity contribution in [2.45, 2.75) is 0 Å². The van der Waals surface area contributed by atoms with Crippen LogP contribution in [0.25, 0.3) is 0 Å². The number of nitrogen functional groups attached to an aromatic ring is 2. The first-order valence-electron chi connectivity index (χ1n) is 3.16. The second-order valence-electron chi connectivity index (χ2n) is 2.28. The van der Waals surface area contributed by atoms with E-state index in [1.54, 1.807) is 0 Å². The number of rotatable bonds is 2. The highest BCUT2D eigenvalue weighted by Gasteiger charge is 2.07. The number of nitrogens with zero attached hydrogens (tertiary/aromatic N) is 2. The average Bonchev–Trinajstić information content (AvgIpc) is 1.78. The highest BCUT2D eigenvalue weighted by atomic mass is 32.2. The summed E-state index contributed by atoms with van der Waals surface area (Å²) in [5.74, 6) is -0.280. The number of aromatic nitrogens is 2. The molecule has 72 valence electrons. The van der Waals surface area contributed by atoms with E-state index in [4.69, 9.17) is 11.5 Å². The number of anilines is 2. The molecule has 7 nitrogen and oxygen atoms in total. The van der Waals surface area contributed by atoms with E-state index in [0.29, 0.717) is 0 Å². The fraction of sp³-hybridized carbons (Fsp3) is 0.200. The molecule has 0 amide bonds. The molecule has 1 aromatic rings. The van der Waals surface area contributed by atoms with Crippen LogP contribution in [0.15, 0.2) is 6.07 Å². The van der Waals surface area contributed by atoms with Gasteiger partial charge in [0.15, 0.2) is 0 Å². The van der Waals surface area contributed by atoms with Gasteiger partial charge in [-0.1, -0.05) is 0 Å². The van der Waals surface area contributed by atoms with Crippen molar-refractivity contribution in [3.8, 4) is 5.88 Å². The molecule has 8 heteroatoms. The Kier molecular flexibility index (Phi) is 2.24. The quantitative estimate of drug-likeness (QED) is 0.591. The molecule has 0 bridgehead atoms. The topological polar surface area (TPSA) is 121 Å². The largest absolute Gasteiger partial charge is 0.383 e. The third kappa shape index (κ3) is 3.11. The Bertz CT molecular complexity index is 396. The van der Waals surface area contributed by atoms with E-state index in [1.807, 2.05) is 0 Å². The van der Waals surface area contributed by atoms with Crippen LogP contribution in [0.1, 0.15) is 0 Å². The molecule has 0 spiro atoms. The summed E-state index contributed by atoms with van der Waals surface area (Å²) in [6.07, 6.45) is 0.890. The minimum Gasteiger partial charge on any atom is -0.383 e. The molecule has 0 aliphatic heterocycles. The van der Waals surface area contributed by atoms with Gasteiger partial charge < -0.3 is 15.7 Å². The fourth-order valence-electron chi connectivity index (χ4n) is 0.659. The van der Waals surface area contributed by atoms with Gasteiger partial charge in [-0.15, -0.1) is 0 Å². The Morgan fingerprint density at radius 1 is 1.38 bits per heavy atom. The van der Waals surface area contributed by atoms with Gasteiger partial charge in [0.05, 0.1) is 6.26 Å². The number of hydrogen-bond donors (Lipinski definition) is 2. The summed E-state index contributed by atoms with van der Waals surface area (Å²) in [5.41, 5.74) is 10.5. The van der Waals surface area contributed by atoms with Crippen LogP contribution < -0.4 is 15.7 Å². The highest BCUT2D eigenvalue weighted by Crippen LogP contribution is 2.12. The molecule has 0 unspecified atom stereocenters. The van der Waals surface area contributed by atoms with E-state index >= 15 is 0 Å². The molecule has 0 saturated heterocycles. The van der Waals surface area contributed by atoms with Gasteiger partial charge in [0.2, 0.25) is 11.8 Å². The lowest BCUT2D eigenvalue weighted by atomic mass is 10.6. The average molecular weight is 204 g/mol. The van der Waals surface area contributed by atoms with Crippen LogP contribution in [0.4, 0.5) is 11.8 Å². The molecule has 0 aliphatic carbocycles. The molecule has 0 radical (unpaired) electrons. The molecule has 13 heavy (non-hydrogen) atoms. The second kappa shape index (κ2) is 3.05. The lowest BCUT2D eigenvalue weighted by molar-refractivity contribution is 0.483. The van der Waals surface area contributed by atoms with Crippen LogP contribution in [-0.4, -0.2) is 24.6 Å². The van der Waals surface area contributed by atoms with Crippen molar-refractivity contribution in [2.75, 3.05) is 17.7 Å². The zero-order valence-electron chi connectivity index (χ0n) is 6.76. The number of hydrogen-bond acceptors (Lipinski definition) is 7. The first-order chi connectivity index (χ1) is 5.87. The number of nitrogens with two attached hydrogens (primary N) is 2. The maximum atomic E-state index is 10.7. The van der Waals surface area contributed by atoms with E-state index in [9.17, 15) is 8.42 Å². The predicted octanol–water partition coefficient (Wildman–Crippen LogP) is -1.02. The summed E-state index contributed by atoms with van der Waals surface area (Å²) in [4.78, 5) is 7.04.